The molecule has 4 rings (SSSR count). The van der Waals surface area contributed by atoms with Crippen LogP contribution in [0.3, 0.4) is 0 Å². The summed E-state index contributed by atoms with van der Waals surface area (Å²) in [6, 6.07) is 21.8. The van der Waals surface area contributed by atoms with Gasteiger partial charge in [0.2, 0.25) is 17.7 Å². The van der Waals surface area contributed by atoms with E-state index in [0.29, 0.717) is 38.6 Å². The fourth-order valence-corrected chi connectivity index (χ4v) is 7.38. The number of hydrogen-bond acceptors (Lipinski definition) is 8. The molecule has 61 heavy (non-hydrogen) atoms. The number of alkyl carbamates (subject to hydrolysis) is 2. The summed E-state index contributed by atoms with van der Waals surface area (Å²) >= 11 is 0. The van der Waals surface area contributed by atoms with Crippen LogP contribution >= 0.6 is 0 Å². The van der Waals surface area contributed by atoms with E-state index in [1.165, 1.54) is 0 Å². The Bertz CT molecular complexity index is 1920. The highest BCUT2D eigenvalue weighted by Crippen LogP contribution is 2.24. The number of carbonyl (C=O) groups excluding carboxylic acids is 5. The van der Waals surface area contributed by atoms with Gasteiger partial charge in [0.05, 0.1) is 12.0 Å². The van der Waals surface area contributed by atoms with Gasteiger partial charge in [-0.05, 0) is 119 Å². The third-order valence-electron chi connectivity index (χ3n) is 10.4. The lowest BCUT2D eigenvalue weighted by atomic mass is 9.95. The van der Waals surface area contributed by atoms with Gasteiger partial charge in [0, 0.05) is 19.6 Å². The second-order valence-electron chi connectivity index (χ2n) is 17.2. The van der Waals surface area contributed by atoms with Gasteiger partial charge in [0.1, 0.15) is 30.0 Å². The van der Waals surface area contributed by atoms with E-state index in [4.69, 9.17) is 9.47 Å². The fraction of sp³-hybridized carbons (Fsp3) is 0.479. The Balaban J connectivity index is 1.49. The van der Waals surface area contributed by atoms with Crippen molar-refractivity contribution in [3.63, 3.8) is 0 Å². The lowest BCUT2D eigenvalue weighted by Crippen LogP contribution is -2.52. The third-order valence-corrected chi connectivity index (χ3v) is 10.4. The van der Waals surface area contributed by atoms with Crippen LogP contribution < -0.4 is 21.3 Å². The van der Waals surface area contributed by atoms with Gasteiger partial charge in [0.15, 0.2) is 0 Å². The number of phenols is 1. The topological polar surface area (TPSA) is 175 Å². The first-order chi connectivity index (χ1) is 29.0. The minimum absolute atomic E-state index is 0.107. The van der Waals surface area contributed by atoms with Crippen molar-refractivity contribution in [2.45, 2.75) is 118 Å². The summed E-state index contributed by atoms with van der Waals surface area (Å²) in [6.07, 6.45) is 4.51. The van der Waals surface area contributed by atoms with E-state index in [1.807, 2.05) is 86.7 Å². The predicted octanol–water partition coefficient (Wildman–Crippen LogP) is 7.37. The molecule has 1 aliphatic rings. The first-order valence-electron chi connectivity index (χ1n) is 21.3. The molecular weight excluding hydrogens is 775 g/mol. The number of nitrogens with zero attached hydrogens (tertiary/aromatic N) is 1. The van der Waals surface area contributed by atoms with Crippen LogP contribution in [0.2, 0.25) is 0 Å². The zero-order chi connectivity index (χ0) is 44.5. The Labute approximate surface area is 361 Å². The molecule has 0 saturated carbocycles. The molecule has 13 heteroatoms. The van der Waals surface area contributed by atoms with Crippen molar-refractivity contribution >= 4 is 29.9 Å². The molecule has 0 spiro atoms. The van der Waals surface area contributed by atoms with Crippen molar-refractivity contribution < 1.29 is 38.6 Å². The van der Waals surface area contributed by atoms with Gasteiger partial charge in [-0.15, -0.1) is 0 Å². The number of aromatic hydroxyl groups is 1. The van der Waals surface area contributed by atoms with Crippen LogP contribution in [0.15, 0.2) is 84.9 Å². The second-order valence-corrected chi connectivity index (χ2v) is 17.2. The summed E-state index contributed by atoms with van der Waals surface area (Å²) in [7, 11) is 0. The molecule has 0 unspecified atom stereocenters. The van der Waals surface area contributed by atoms with Crippen LogP contribution in [0.1, 0.15) is 94.5 Å². The van der Waals surface area contributed by atoms with Crippen molar-refractivity contribution in [1.29, 1.82) is 0 Å². The molecule has 13 nitrogen and oxygen atoms in total. The first kappa shape index (κ1) is 47.8. The summed E-state index contributed by atoms with van der Waals surface area (Å²) < 4.78 is 10.8. The van der Waals surface area contributed by atoms with Gasteiger partial charge in [-0.25, -0.2) is 9.59 Å². The summed E-state index contributed by atoms with van der Waals surface area (Å²) in [5, 5.41) is 21.6. The minimum Gasteiger partial charge on any atom is -0.508 e. The quantitative estimate of drug-likeness (QED) is 0.0473. The van der Waals surface area contributed by atoms with E-state index in [2.05, 4.69) is 35.1 Å². The summed E-state index contributed by atoms with van der Waals surface area (Å²) in [5.74, 6) is -2.57. The number of ether oxygens (including phenoxy) is 2. The highest BCUT2D eigenvalue weighted by Gasteiger charge is 2.36. The van der Waals surface area contributed by atoms with Crippen molar-refractivity contribution in [1.82, 2.24) is 26.2 Å². The Morgan fingerprint density at radius 1 is 0.869 bits per heavy atom. The molecular formula is C48H65N5O8. The van der Waals surface area contributed by atoms with Crippen molar-refractivity contribution in [3.05, 3.63) is 113 Å². The maximum absolute atomic E-state index is 14.5. The highest BCUT2D eigenvalue weighted by atomic mass is 16.6. The van der Waals surface area contributed by atoms with E-state index >= 15 is 0 Å². The van der Waals surface area contributed by atoms with Gasteiger partial charge < -0.3 is 40.7 Å². The number of hydrogen-bond donors (Lipinski definition) is 5. The zero-order valence-corrected chi connectivity index (χ0v) is 36.8. The van der Waals surface area contributed by atoms with E-state index in [-0.39, 0.29) is 49.7 Å². The van der Waals surface area contributed by atoms with Crippen LogP contribution in [0.25, 0.3) is 0 Å². The molecule has 3 aromatic rings. The van der Waals surface area contributed by atoms with Crippen molar-refractivity contribution in [3.8, 4) is 5.75 Å². The second kappa shape index (κ2) is 23.2. The number of carbonyl (C=O) groups is 5. The third kappa shape index (κ3) is 16.3. The Kier molecular flexibility index (Phi) is 18.2. The molecule has 0 aliphatic carbocycles. The van der Waals surface area contributed by atoms with Gasteiger partial charge in [-0.1, -0.05) is 86.7 Å². The van der Waals surface area contributed by atoms with E-state index in [0.717, 1.165) is 27.8 Å². The van der Waals surface area contributed by atoms with Gasteiger partial charge in [-0.3, -0.25) is 14.4 Å². The maximum Gasteiger partial charge on any atom is 0.408 e. The van der Waals surface area contributed by atoms with Gasteiger partial charge >= 0.3 is 12.2 Å². The minimum atomic E-state index is -1.13. The van der Waals surface area contributed by atoms with E-state index < -0.39 is 47.6 Å². The average molecular weight is 840 g/mol. The molecule has 4 atom stereocenters. The Hall–Kier alpha value is -5.85. The monoisotopic (exact) mass is 839 g/mol. The summed E-state index contributed by atoms with van der Waals surface area (Å²) in [6.45, 7) is 14.0. The van der Waals surface area contributed by atoms with Gasteiger partial charge in [-0.2, -0.15) is 0 Å². The number of nitrogens with one attached hydrogen (secondary N) is 4. The zero-order valence-electron chi connectivity index (χ0n) is 36.8. The molecule has 0 radical (unpaired) electrons. The van der Waals surface area contributed by atoms with E-state index in [9.17, 15) is 29.1 Å². The molecule has 0 bridgehead atoms. The van der Waals surface area contributed by atoms with Crippen LogP contribution in [-0.2, 0) is 43.4 Å². The van der Waals surface area contributed by atoms with Crippen LogP contribution in [0.4, 0.5) is 9.59 Å². The van der Waals surface area contributed by atoms with Crippen LogP contribution in [0, 0.1) is 31.6 Å². The molecule has 5 amide bonds. The molecule has 1 heterocycles. The van der Waals surface area contributed by atoms with Gasteiger partial charge in [0.25, 0.3) is 0 Å². The van der Waals surface area contributed by atoms with Crippen LogP contribution in [-0.4, -0.2) is 70.8 Å². The van der Waals surface area contributed by atoms with Crippen molar-refractivity contribution in [2.24, 2.45) is 17.8 Å². The van der Waals surface area contributed by atoms with Crippen LogP contribution in [0.5, 0.6) is 5.75 Å². The Morgan fingerprint density at radius 3 is 2.13 bits per heavy atom. The smallest absolute Gasteiger partial charge is 0.408 e. The Morgan fingerprint density at radius 2 is 1.51 bits per heavy atom. The average Bonchev–Trinajstić information content (AvgIpc) is 3.65. The molecule has 1 fully saturated rings. The van der Waals surface area contributed by atoms with E-state index in [1.54, 1.807) is 37.8 Å². The molecule has 1 aliphatic heterocycles. The number of aryl methyl sites for hydroxylation is 2. The highest BCUT2D eigenvalue weighted by molar-refractivity contribution is 6.00. The molecule has 3 aromatic carbocycles. The summed E-state index contributed by atoms with van der Waals surface area (Å²) in [4.78, 5) is 69.4. The maximum atomic E-state index is 14.5. The molecule has 0 aromatic heterocycles. The largest absolute Gasteiger partial charge is 0.508 e. The predicted molar refractivity (Wildman–Crippen MR) is 235 cm³/mol. The number of phenolic OH excluding ortho intramolecular Hbond substituents is 1. The lowest BCUT2D eigenvalue weighted by molar-refractivity contribution is -0.139. The molecule has 5 N–H and O–H groups in total. The standard InChI is InChI=1S/C48H65N5O8/c1-32(2)26-38(51-47(59)61-48(5,6)7)23-22-37(29-35-16-10-8-11-17-35)45(57)53-25-15-21-42(53)52-44(56)40(43(55)50-30-41-33(3)27-39(54)28-34(41)4)20-14-24-49-46(58)60-31-36-18-12-9-13-19-36/h8-13,16-19,22-23,27-28,32,37-38,40,42,54H,14-15,20-21,24-26,29-31H2,1-7H3,(H,49,58)(H,50,55)(H,51,59)(H,52,56)/b23-22+/t37-,38-,40+,42+/m1/s1. The normalized spacial score (nSPS) is 15.5. The fourth-order valence-electron chi connectivity index (χ4n) is 7.38. The number of likely N-dealkylation sites (tertiary alicyclic amines) is 1. The van der Waals surface area contributed by atoms with Crippen molar-refractivity contribution in [2.75, 3.05) is 13.1 Å². The number of amides is 5. The molecule has 330 valence electrons. The lowest BCUT2D eigenvalue weighted by Gasteiger charge is -2.30. The number of rotatable bonds is 19. The first-order valence-corrected chi connectivity index (χ1v) is 21.3. The summed E-state index contributed by atoms with van der Waals surface area (Å²) in [5.41, 5.74) is 3.56. The molecule has 1 saturated heterocycles. The number of benzene rings is 3. The SMILES string of the molecule is Cc1cc(O)cc(C)c1CNC(=O)[C@H](CCCNC(=O)OCc1ccccc1)C(=O)N[C@@H]1CCCN1C(=O)[C@H](/C=C/[C@H](CC(C)C)NC(=O)OC(C)(C)C)Cc1ccccc1.